The summed E-state index contributed by atoms with van der Waals surface area (Å²) in [5.74, 6) is 0.363. The van der Waals surface area contributed by atoms with Crippen LogP contribution in [0.15, 0.2) is 88.1 Å². The van der Waals surface area contributed by atoms with Crippen molar-refractivity contribution in [1.29, 1.82) is 0 Å². The minimum atomic E-state index is -0.105. The molecule has 0 spiro atoms. The summed E-state index contributed by atoms with van der Waals surface area (Å²) in [4.78, 5) is 12.7. The quantitative estimate of drug-likeness (QED) is 0.475. The lowest BCUT2D eigenvalue weighted by molar-refractivity contribution is 0.131. The number of para-hydroxylation sites is 1. The van der Waals surface area contributed by atoms with Gasteiger partial charge in [0.25, 0.3) is 5.95 Å². The summed E-state index contributed by atoms with van der Waals surface area (Å²) >= 11 is 0. The molecule has 1 unspecified atom stereocenters. The Balaban J connectivity index is 1.46. The highest BCUT2D eigenvalue weighted by molar-refractivity contribution is 5.77. The van der Waals surface area contributed by atoms with Crippen LogP contribution in [-0.4, -0.2) is 0 Å². The molecule has 3 nitrogen and oxygen atoms in total. The zero-order chi connectivity index (χ0) is 18.2. The lowest BCUT2D eigenvalue weighted by Crippen LogP contribution is -2.21. The van der Waals surface area contributed by atoms with Gasteiger partial charge in [-0.3, -0.25) is 4.79 Å². The van der Waals surface area contributed by atoms with E-state index < -0.39 is 0 Å². The highest BCUT2D eigenvalue weighted by Crippen LogP contribution is 2.35. The van der Waals surface area contributed by atoms with Crippen molar-refractivity contribution >= 4 is 11.0 Å². The lowest BCUT2D eigenvalue weighted by atomic mass is 9.96. The van der Waals surface area contributed by atoms with E-state index in [1.807, 2.05) is 30.3 Å². The van der Waals surface area contributed by atoms with Gasteiger partial charge >= 0.3 is 0 Å². The summed E-state index contributed by atoms with van der Waals surface area (Å²) < 4.78 is 12.0. The number of benzene rings is 3. The predicted molar refractivity (Wildman–Crippen MR) is 106 cm³/mol. The zero-order valence-corrected chi connectivity index (χ0v) is 14.7. The Bertz CT molecular complexity index is 1160. The monoisotopic (exact) mass is 354 g/mol. The van der Waals surface area contributed by atoms with Gasteiger partial charge in [-0.1, -0.05) is 66.7 Å². The molecule has 1 aliphatic rings. The Morgan fingerprint density at radius 1 is 0.778 bits per heavy atom. The van der Waals surface area contributed by atoms with Gasteiger partial charge in [-0.15, -0.1) is 0 Å². The predicted octanol–water partition coefficient (Wildman–Crippen LogP) is 5.53. The van der Waals surface area contributed by atoms with Crippen LogP contribution in [0.3, 0.4) is 0 Å². The summed E-state index contributed by atoms with van der Waals surface area (Å²) in [7, 11) is 0. The van der Waals surface area contributed by atoms with Crippen molar-refractivity contribution in [2.75, 3.05) is 0 Å². The normalized spacial score (nSPS) is 15.9. The van der Waals surface area contributed by atoms with Crippen LogP contribution in [0.2, 0.25) is 0 Å². The van der Waals surface area contributed by atoms with Crippen LogP contribution in [0.5, 0.6) is 5.95 Å². The van der Waals surface area contributed by atoms with E-state index in [9.17, 15) is 4.79 Å². The summed E-state index contributed by atoms with van der Waals surface area (Å²) in [6.07, 6.45) is 1.32. The van der Waals surface area contributed by atoms with E-state index in [-0.39, 0.29) is 11.5 Å². The molecule has 27 heavy (non-hydrogen) atoms. The first-order valence-electron chi connectivity index (χ1n) is 9.16. The molecule has 1 aliphatic heterocycles. The third-order valence-electron chi connectivity index (χ3n) is 5.15. The van der Waals surface area contributed by atoms with Crippen molar-refractivity contribution in [3.63, 3.8) is 0 Å². The number of hydrogen-bond donors (Lipinski definition) is 0. The third kappa shape index (κ3) is 2.81. The zero-order valence-electron chi connectivity index (χ0n) is 14.7. The Hall–Kier alpha value is -3.33. The molecule has 0 saturated carbocycles. The van der Waals surface area contributed by atoms with Crippen molar-refractivity contribution in [1.82, 2.24) is 0 Å². The van der Waals surface area contributed by atoms with Crippen molar-refractivity contribution in [3.8, 4) is 17.1 Å². The van der Waals surface area contributed by atoms with E-state index in [1.165, 1.54) is 11.1 Å². The molecule has 0 bridgehead atoms. The molecule has 0 N–H and O–H groups in total. The van der Waals surface area contributed by atoms with Gasteiger partial charge in [0.05, 0.1) is 10.9 Å². The second-order valence-electron chi connectivity index (χ2n) is 6.83. The summed E-state index contributed by atoms with van der Waals surface area (Å²) in [5.41, 5.74) is 4.69. The van der Waals surface area contributed by atoms with Gasteiger partial charge in [-0.2, -0.15) is 0 Å². The number of rotatable bonds is 2. The van der Waals surface area contributed by atoms with Crippen LogP contribution in [0, 0.1) is 0 Å². The minimum Gasteiger partial charge on any atom is -0.457 e. The van der Waals surface area contributed by atoms with Crippen LogP contribution < -0.4 is 10.2 Å². The highest BCUT2D eigenvalue weighted by atomic mass is 16.6. The Morgan fingerprint density at radius 2 is 1.48 bits per heavy atom. The molecule has 132 valence electrons. The topological polar surface area (TPSA) is 39.4 Å². The van der Waals surface area contributed by atoms with Gasteiger partial charge in [0.1, 0.15) is 11.7 Å². The maximum Gasteiger partial charge on any atom is 0.292 e. The summed E-state index contributed by atoms with van der Waals surface area (Å²) in [5, 5.41) is 0.616. The number of fused-ring (bicyclic) bond motifs is 2. The van der Waals surface area contributed by atoms with E-state index in [4.69, 9.17) is 9.15 Å². The fourth-order valence-corrected chi connectivity index (χ4v) is 3.69. The first kappa shape index (κ1) is 15.9. The van der Waals surface area contributed by atoms with Gasteiger partial charge in [0, 0.05) is 0 Å². The molecule has 0 amide bonds. The highest BCUT2D eigenvalue weighted by Gasteiger charge is 2.26. The maximum absolute atomic E-state index is 12.7. The summed E-state index contributed by atoms with van der Waals surface area (Å²) in [6.45, 7) is 0. The molecule has 3 aromatic carbocycles. The molecule has 5 rings (SSSR count). The fraction of sp³-hybridized carbons (Fsp3) is 0.125. The minimum absolute atomic E-state index is 0.0183. The van der Waals surface area contributed by atoms with Crippen LogP contribution >= 0.6 is 0 Å². The van der Waals surface area contributed by atoms with Crippen LogP contribution in [0.1, 0.15) is 23.7 Å². The third-order valence-corrected chi connectivity index (χ3v) is 5.15. The van der Waals surface area contributed by atoms with Crippen LogP contribution in [0.25, 0.3) is 22.1 Å². The second-order valence-corrected chi connectivity index (χ2v) is 6.83. The SMILES string of the molecule is O=c1c2c(oc3ccccc13)OC(c1ccc(-c3ccccc3)cc1)CC2. The van der Waals surface area contributed by atoms with Gasteiger partial charge in [0.15, 0.2) is 5.43 Å². The van der Waals surface area contributed by atoms with Gasteiger partial charge < -0.3 is 9.15 Å². The fourth-order valence-electron chi connectivity index (χ4n) is 3.69. The van der Waals surface area contributed by atoms with Crippen molar-refractivity contribution in [3.05, 3.63) is 100 Å². The van der Waals surface area contributed by atoms with Crippen molar-refractivity contribution in [2.24, 2.45) is 0 Å². The molecule has 1 atom stereocenters. The van der Waals surface area contributed by atoms with Crippen LogP contribution in [-0.2, 0) is 6.42 Å². The van der Waals surface area contributed by atoms with E-state index in [0.29, 0.717) is 28.9 Å². The van der Waals surface area contributed by atoms with Crippen molar-refractivity contribution in [2.45, 2.75) is 18.9 Å². The Labute approximate surface area is 156 Å². The van der Waals surface area contributed by atoms with Gasteiger partial charge in [-0.25, -0.2) is 0 Å². The first-order valence-corrected chi connectivity index (χ1v) is 9.16. The lowest BCUT2D eigenvalue weighted by Gasteiger charge is -2.25. The summed E-state index contributed by atoms with van der Waals surface area (Å²) in [6, 6.07) is 26.0. The molecular weight excluding hydrogens is 336 g/mol. The molecule has 0 fully saturated rings. The first-order chi connectivity index (χ1) is 13.3. The Kier molecular flexibility index (Phi) is 3.79. The number of hydrogen-bond acceptors (Lipinski definition) is 3. The number of ether oxygens (including phenoxy) is 1. The van der Waals surface area contributed by atoms with E-state index in [0.717, 1.165) is 12.0 Å². The van der Waals surface area contributed by atoms with Gasteiger partial charge in [-0.05, 0) is 41.7 Å². The molecule has 3 heteroatoms. The average Bonchev–Trinajstić information content (AvgIpc) is 2.74. The van der Waals surface area contributed by atoms with E-state index in [1.54, 1.807) is 12.1 Å². The molecule has 2 heterocycles. The molecule has 1 aromatic heterocycles. The maximum atomic E-state index is 12.7. The van der Waals surface area contributed by atoms with E-state index >= 15 is 0 Å². The molecule has 4 aromatic rings. The van der Waals surface area contributed by atoms with Gasteiger partial charge in [0.2, 0.25) is 0 Å². The van der Waals surface area contributed by atoms with Crippen molar-refractivity contribution < 1.29 is 9.15 Å². The van der Waals surface area contributed by atoms with E-state index in [2.05, 4.69) is 36.4 Å². The molecule has 0 saturated heterocycles. The largest absolute Gasteiger partial charge is 0.457 e. The van der Waals surface area contributed by atoms with Crippen LogP contribution in [0.4, 0.5) is 0 Å². The smallest absolute Gasteiger partial charge is 0.292 e. The Morgan fingerprint density at radius 3 is 2.30 bits per heavy atom. The molecular formula is C24H18O3. The average molecular weight is 354 g/mol. The second kappa shape index (κ2) is 6.44. The molecule has 0 radical (unpaired) electrons. The molecule has 0 aliphatic carbocycles. The standard InChI is InChI=1S/C24H18O3/c25-23-19-8-4-5-9-22(19)27-24-20(23)14-15-21(26-24)18-12-10-17(11-13-18)16-6-2-1-3-7-16/h1-13,21H,14-15H2.